The van der Waals surface area contributed by atoms with E-state index in [-0.39, 0.29) is 0 Å². The first-order chi connectivity index (χ1) is 8.99. The number of halogens is 1. The average Bonchev–Trinajstić information content (AvgIpc) is 2.62. The predicted molar refractivity (Wildman–Crippen MR) is 79.8 cm³/mol. The molecule has 1 rings (SSSR count). The van der Waals surface area contributed by atoms with Gasteiger partial charge in [0.2, 0.25) is 0 Å². The maximum absolute atomic E-state index is 6.30. The standard InChI is InChI=1S/C14H26ClN3O/c1-6-16-12(8-7-10(2)19-5)9-13-11(3)17-18(4)14(13)15/h10,12,16H,6-9H2,1-5H3. The van der Waals surface area contributed by atoms with E-state index in [1.165, 1.54) is 0 Å². The van der Waals surface area contributed by atoms with Crippen molar-refractivity contribution in [2.75, 3.05) is 13.7 Å². The second kappa shape index (κ2) is 7.88. The number of hydrogen-bond donors (Lipinski definition) is 1. The summed E-state index contributed by atoms with van der Waals surface area (Å²) in [6, 6.07) is 0.419. The summed E-state index contributed by atoms with van der Waals surface area (Å²) in [5, 5.41) is 8.64. The van der Waals surface area contributed by atoms with E-state index in [1.807, 2.05) is 14.0 Å². The molecule has 1 aromatic rings. The minimum Gasteiger partial charge on any atom is -0.382 e. The molecule has 0 saturated heterocycles. The Bertz CT molecular complexity index is 392. The molecule has 1 N–H and O–H groups in total. The Labute approximate surface area is 121 Å². The van der Waals surface area contributed by atoms with Gasteiger partial charge in [0, 0.05) is 25.8 Å². The lowest BCUT2D eigenvalue weighted by Crippen LogP contribution is -2.32. The van der Waals surface area contributed by atoms with Crippen LogP contribution in [0.1, 0.15) is 37.9 Å². The van der Waals surface area contributed by atoms with Gasteiger partial charge in [-0.25, -0.2) is 0 Å². The van der Waals surface area contributed by atoms with E-state index in [2.05, 4.69) is 24.3 Å². The second-order valence-electron chi connectivity index (χ2n) is 5.06. The Hall–Kier alpha value is -0.580. The lowest BCUT2D eigenvalue weighted by molar-refractivity contribution is 0.106. The van der Waals surface area contributed by atoms with Gasteiger partial charge in [0.15, 0.2) is 0 Å². The van der Waals surface area contributed by atoms with Crippen LogP contribution in [0.25, 0.3) is 0 Å². The van der Waals surface area contributed by atoms with Crippen molar-refractivity contribution in [2.24, 2.45) is 7.05 Å². The highest BCUT2D eigenvalue weighted by atomic mass is 35.5. The molecule has 0 aromatic carbocycles. The van der Waals surface area contributed by atoms with Crippen LogP contribution in [-0.4, -0.2) is 35.6 Å². The van der Waals surface area contributed by atoms with E-state index in [9.17, 15) is 0 Å². The Balaban J connectivity index is 2.67. The van der Waals surface area contributed by atoms with Crippen molar-refractivity contribution in [2.45, 2.75) is 52.2 Å². The highest BCUT2D eigenvalue weighted by Crippen LogP contribution is 2.21. The molecule has 2 atom stereocenters. The number of likely N-dealkylation sites (N-methyl/N-ethyl adjacent to an activating group) is 1. The number of aryl methyl sites for hydroxylation is 2. The first kappa shape index (κ1) is 16.5. The summed E-state index contributed by atoms with van der Waals surface area (Å²) >= 11 is 6.30. The number of methoxy groups -OCH3 is 1. The number of aromatic nitrogens is 2. The molecular formula is C14H26ClN3O. The van der Waals surface area contributed by atoms with E-state index < -0.39 is 0 Å². The summed E-state index contributed by atoms with van der Waals surface area (Å²) in [4.78, 5) is 0. The van der Waals surface area contributed by atoms with Gasteiger partial charge in [-0.15, -0.1) is 0 Å². The van der Waals surface area contributed by atoms with Gasteiger partial charge in [-0.3, -0.25) is 4.68 Å². The molecule has 4 nitrogen and oxygen atoms in total. The molecule has 0 aliphatic carbocycles. The molecule has 0 aliphatic heterocycles. The molecule has 1 aromatic heterocycles. The third kappa shape index (κ3) is 4.79. The normalized spacial score (nSPS) is 14.6. The van der Waals surface area contributed by atoms with E-state index in [1.54, 1.807) is 11.8 Å². The van der Waals surface area contributed by atoms with Gasteiger partial charge in [-0.2, -0.15) is 5.10 Å². The van der Waals surface area contributed by atoms with Crippen molar-refractivity contribution in [3.8, 4) is 0 Å². The maximum atomic E-state index is 6.30. The predicted octanol–water partition coefficient (Wildman–Crippen LogP) is 2.72. The van der Waals surface area contributed by atoms with Crippen LogP contribution in [0.4, 0.5) is 0 Å². The van der Waals surface area contributed by atoms with Crippen molar-refractivity contribution >= 4 is 11.6 Å². The second-order valence-corrected chi connectivity index (χ2v) is 5.42. The molecule has 5 heteroatoms. The molecule has 0 saturated carbocycles. The van der Waals surface area contributed by atoms with Crippen LogP contribution in [0.2, 0.25) is 5.15 Å². The Morgan fingerprint density at radius 2 is 2.11 bits per heavy atom. The molecule has 0 radical (unpaired) electrons. The molecule has 2 unspecified atom stereocenters. The molecule has 19 heavy (non-hydrogen) atoms. The van der Waals surface area contributed by atoms with Gasteiger partial charge in [-0.05, 0) is 39.7 Å². The number of hydrogen-bond acceptors (Lipinski definition) is 3. The molecular weight excluding hydrogens is 262 g/mol. The van der Waals surface area contributed by atoms with Gasteiger partial charge in [-0.1, -0.05) is 18.5 Å². The average molecular weight is 288 g/mol. The lowest BCUT2D eigenvalue weighted by atomic mass is 10.0. The van der Waals surface area contributed by atoms with Crippen molar-refractivity contribution in [1.82, 2.24) is 15.1 Å². The lowest BCUT2D eigenvalue weighted by Gasteiger charge is -2.19. The first-order valence-corrected chi connectivity index (χ1v) is 7.31. The fraction of sp³-hybridized carbons (Fsp3) is 0.786. The molecule has 0 spiro atoms. The van der Waals surface area contributed by atoms with Crippen LogP contribution >= 0.6 is 11.6 Å². The van der Waals surface area contributed by atoms with Crippen molar-refractivity contribution in [3.63, 3.8) is 0 Å². The molecule has 0 aliphatic rings. The summed E-state index contributed by atoms with van der Waals surface area (Å²) in [7, 11) is 3.64. The quantitative estimate of drug-likeness (QED) is 0.799. The monoisotopic (exact) mass is 287 g/mol. The van der Waals surface area contributed by atoms with E-state index >= 15 is 0 Å². The summed E-state index contributed by atoms with van der Waals surface area (Å²) in [5.41, 5.74) is 2.18. The number of ether oxygens (including phenoxy) is 1. The summed E-state index contributed by atoms with van der Waals surface area (Å²) in [6.45, 7) is 7.21. The third-order valence-corrected chi connectivity index (χ3v) is 4.01. The van der Waals surface area contributed by atoms with Crippen LogP contribution in [-0.2, 0) is 18.2 Å². The molecule has 0 bridgehead atoms. The third-order valence-electron chi connectivity index (χ3n) is 3.54. The Kier molecular flexibility index (Phi) is 6.83. The van der Waals surface area contributed by atoms with E-state index in [0.717, 1.165) is 42.2 Å². The van der Waals surface area contributed by atoms with Gasteiger partial charge < -0.3 is 10.1 Å². The zero-order valence-corrected chi connectivity index (χ0v) is 13.4. The first-order valence-electron chi connectivity index (χ1n) is 6.93. The van der Waals surface area contributed by atoms with Gasteiger partial charge in [0.1, 0.15) is 5.15 Å². The highest BCUT2D eigenvalue weighted by molar-refractivity contribution is 6.30. The largest absolute Gasteiger partial charge is 0.382 e. The van der Waals surface area contributed by atoms with Crippen LogP contribution in [0.3, 0.4) is 0 Å². The molecule has 110 valence electrons. The molecule has 0 amide bonds. The van der Waals surface area contributed by atoms with E-state index in [0.29, 0.717) is 12.1 Å². The van der Waals surface area contributed by atoms with Crippen molar-refractivity contribution in [1.29, 1.82) is 0 Å². The fourth-order valence-electron chi connectivity index (χ4n) is 2.27. The summed E-state index contributed by atoms with van der Waals surface area (Å²) in [5.74, 6) is 0. The molecule has 0 fully saturated rings. The number of nitrogens with one attached hydrogen (secondary N) is 1. The van der Waals surface area contributed by atoms with Crippen molar-refractivity contribution in [3.05, 3.63) is 16.4 Å². The fourth-order valence-corrected chi connectivity index (χ4v) is 2.52. The van der Waals surface area contributed by atoms with Crippen LogP contribution in [0, 0.1) is 6.92 Å². The Morgan fingerprint density at radius 3 is 2.58 bits per heavy atom. The highest BCUT2D eigenvalue weighted by Gasteiger charge is 2.17. The summed E-state index contributed by atoms with van der Waals surface area (Å²) in [6.07, 6.45) is 3.34. The zero-order chi connectivity index (χ0) is 14.4. The SMILES string of the molecule is CCNC(CCC(C)OC)Cc1c(C)nn(C)c1Cl. The van der Waals surface area contributed by atoms with Gasteiger partial charge in [0.25, 0.3) is 0 Å². The molecule has 1 heterocycles. The smallest absolute Gasteiger partial charge is 0.130 e. The number of rotatable bonds is 8. The number of nitrogens with zero attached hydrogens (tertiary/aromatic N) is 2. The van der Waals surface area contributed by atoms with Gasteiger partial charge in [0.05, 0.1) is 11.8 Å². The summed E-state index contributed by atoms with van der Waals surface area (Å²) < 4.78 is 7.05. The van der Waals surface area contributed by atoms with Crippen molar-refractivity contribution < 1.29 is 4.74 Å². The van der Waals surface area contributed by atoms with Crippen LogP contribution in [0.15, 0.2) is 0 Å². The maximum Gasteiger partial charge on any atom is 0.130 e. The van der Waals surface area contributed by atoms with E-state index in [4.69, 9.17) is 16.3 Å². The minimum absolute atomic E-state index is 0.298. The topological polar surface area (TPSA) is 39.1 Å². The van der Waals surface area contributed by atoms with Crippen LogP contribution in [0.5, 0.6) is 0 Å². The zero-order valence-electron chi connectivity index (χ0n) is 12.7. The Morgan fingerprint density at radius 1 is 1.42 bits per heavy atom. The minimum atomic E-state index is 0.298. The van der Waals surface area contributed by atoms with Gasteiger partial charge >= 0.3 is 0 Å². The van der Waals surface area contributed by atoms with Crippen LogP contribution < -0.4 is 5.32 Å².